The first kappa shape index (κ1) is 17.3. The Bertz CT molecular complexity index is 509. The summed E-state index contributed by atoms with van der Waals surface area (Å²) in [6.07, 6.45) is 2.32. The number of nitrogens with one attached hydrogen (secondary N) is 1. The molecule has 6 nitrogen and oxygen atoms in total. The molecule has 1 aromatic rings. The zero-order chi connectivity index (χ0) is 16.3. The SMILES string of the molecule is N#CC[C@H](CO[C@H]1CCCCO1)NC(=O)OCc1ccccc1. The monoisotopic (exact) mass is 318 g/mol. The summed E-state index contributed by atoms with van der Waals surface area (Å²) in [4.78, 5) is 11.8. The Morgan fingerprint density at radius 1 is 1.39 bits per heavy atom. The topological polar surface area (TPSA) is 80.6 Å². The second-order valence-corrected chi connectivity index (χ2v) is 5.39. The number of carbonyl (C=O) groups excluding carboxylic acids is 1. The van der Waals surface area contributed by atoms with Crippen molar-refractivity contribution in [3.63, 3.8) is 0 Å². The molecule has 0 radical (unpaired) electrons. The van der Waals surface area contributed by atoms with Crippen molar-refractivity contribution in [2.75, 3.05) is 13.2 Å². The van der Waals surface area contributed by atoms with Crippen molar-refractivity contribution in [3.05, 3.63) is 35.9 Å². The van der Waals surface area contributed by atoms with E-state index in [1.807, 2.05) is 36.4 Å². The molecule has 1 aromatic carbocycles. The van der Waals surface area contributed by atoms with Gasteiger partial charge in [-0.3, -0.25) is 0 Å². The van der Waals surface area contributed by atoms with Crippen molar-refractivity contribution in [2.24, 2.45) is 0 Å². The maximum atomic E-state index is 11.8. The summed E-state index contributed by atoms with van der Waals surface area (Å²) in [5.41, 5.74) is 0.909. The predicted molar refractivity (Wildman–Crippen MR) is 83.3 cm³/mol. The molecule has 124 valence electrons. The van der Waals surface area contributed by atoms with Gasteiger partial charge in [0, 0.05) is 6.61 Å². The van der Waals surface area contributed by atoms with E-state index in [0.717, 1.165) is 24.8 Å². The van der Waals surface area contributed by atoms with E-state index in [1.165, 1.54) is 0 Å². The number of nitrogens with zero attached hydrogens (tertiary/aromatic N) is 1. The molecule has 1 aliphatic heterocycles. The van der Waals surface area contributed by atoms with Crippen molar-refractivity contribution < 1.29 is 19.0 Å². The Hall–Kier alpha value is -2.10. The Morgan fingerprint density at radius 2 is 2.22 bits per heavy atom. The smallest absolute Gasteiger partial charge is 0.407 e. The van der Waals surface area contributed by atoms with Crippen molar-refractivity contribution >= 4 is 6.09 Å². The van der Waals surface area contributed by atoms with Gasteiger partial charge in [0.25, 0.3) is 0 Å². The molecule has 23 heavy (non-hydrogen) atoms. The van der Waals surface area contributed by atoms with Gasteiger partial charge in [0.15, 0.2) is 6.29 Å². The van der Waals surface area contributed by atoms with Gasteiger partial charge in [0.2, 0.25) is 0 Å². The summed E-state index contributed by atoms with van der Waals surface area (Å²) < 4.78 is 16.2. The summed E-state index contributed by atoms with van der Waals surface area (Å²) in [5, 5.41) is 11.5. The zero-order valence-electron chi connectivity index (χ0n) is 13.1. The van der Waals surface area contributed by atoms with Crippen LogP contribution in [0.2, 0.25) is 0 Å². The van der Waals surface area contributed by atoms with Gasteiger partial charge in [-0.1, -0.05) is 30.3 Å². The lowest BCUT2D eigenvalue weighted by molar-refractivity contribution is -0.165. The molecule has 1 amide bonds. The van der Waals surface area contributed by atoms with Gasteiger partial charge in [-0.15, -0.1) is 0 Å². The fourth-order valence-electron chi connectivity index (χ4n) is 2.26. The highest BCUT2D eigenvalue weighted by atomic mass is 16.7. The average Bonchev–Trinajstić information content (AvgIpc) is 2.60. The van der Waals surface area contributed by atoms with Gasteiger partial charge in [0.05, 0.1) is 25.1 Å². The number of carbonyl (C=O) groups is 1. The van der Waals surface area contributed by atoms with Crippen molar-refractivity contribution in [1.29, 1.82) is 5.26 Å². The third-order valence-corrected chi connectivity index (χ3v) is 3.49. The quantitative estimate of drug-likeness (QED) is 0.836. The molecule has 1 aliphatic rings. The molecule has 0 unspecified atom stereocenters. The van der Waals surface area contributed by atoms with Crippen LogP contribution >= 0.6 is 0 Å². The highest BCUT2D eigenvalue weighted by Crippen LogP contribution is 2.14. The van der Waals surface area contributed by atoms with E-state index in [1.54, 1.807) is 0 Å². The lowest BCUT2D eigenvalue weighted by Crippen LogP contribution is -2.40. The lowest BCUT2D eigenvalue weighted by Gasteiger charge is -2.25. The van der Waals surface area contributed by atoms with Crippen LogP contribution in [-0.2, 0) is 20.8 Å². The molecule has 6 heteroatoms. The van der Waals surface area contributed by atoms with Crippen LogP contribution in [0.15, 0.2) is 30.3 Å². The number of alkyl carbamates (subject to hydrolysis) is 1. The normalized spacial score (nSPS) is 18.7. The second-order valence-electron chi connectivity index (χ2n) is 5.39. The summed E-state index contributed by atoms with van der Waals surface area (Å²) >= 11 is 0. The molecule has 2 rings (SSSR count). The van der Waals surface area contributed by atoms with E-state index in [0.29, 0.717) is 6.61 Å². The minimum absolute atomic E-state index is 0.160. The summed E-state index contributed by atoms with van der Waals surface area (Å²) in [6.45, 7) is 1.12. The van der Waals surface area contributed by atoms with Gasteiger partial charge in [-0.2, -0.15) is 5.26 Å². The fourth-order valence-corrected chi connectivity index (χ4v) is 2.26. The molecular weight excluding hydrogens is 296 g/mol. The van der Waals surface area contributed by atoms with Gasteiger partial charge in [0.1, 0.15) is 6.61 Å². The van der Waals surface area contributed by atoms with Crippen molar-refractivity contribution in [1.82, 2.24) is 5.32 Å². The van der Waals surface area contributed by atoms with Crippen LogP contribution in [-0.4, -0.2) is 31.6 Å². The molecule has 0 aliphatic carbocycles. The summed E-state index contributed by atoms with van der Waals surface area (Å²) in [6, 6.07) is 11.1. The minimum Gasteiger partial charge on any atom is -0.445 e. The largest absolute Gasteiger partial charge is 0.445 e. The van der Waals surface area contributed by atoms with E-state index < -0.39 is 12.1 Å². The van der Waals surface area contributed by atoms with Crippen molar-refractivity contribution in [3.8, 4) is 6.07 Å². The van der Waals surface area contributed by atoms with Crippen molar-refractivity contribution in [2.45, 2.75) is 44.6 Å². The predicted octanol–water partition coefficient (Wildman–Crippen LogP) is 2.74. The van der Waals surface area contributed by atoms with Crippen LogP contribution in [0, 0.1) is 11.3 Å². The van der Waals surface area contributed by atoms with Gasteiger partial charge in [-0.25, -0.2) is 4.79 Å². The van der Waals surface area contributed by atoms with Crippen LogP contribution in [0.5, 0.6) is 0 Å². The van der Waals surface area contributed by atoms with Crippen LogP contribution in [0.3, 0.4) is 0 Å². The first-order valence-corrected chi connectivity index (χ1v) is 7.85. The molecular formula is C17H22N2O4. The second kappa shape index (κ2) is 9.82. The highest BCUT2D eigenvalue weighted by molar-refractivity contribution is 5.67. The molecule has 2 atom stereocenters. The van der Waals surface area contributed by atoms with Gasteiger partial charge >= 0.3 is 6.09 Å². The summed E-state index contributed by atoms with van der Waals surface area (Å²) in [5.74, 6) is 0. The van der Waals surface area contributed by atoms with E-state index in [2.05, 4.69) is 5.32 Å². The molecule has 0 saturated carbocycles. The van der Waals surface area contributed by atoms with Crippen LogP contribution < -0.4 is 5.32 Å². The molecule has 0 bridgehead atoms. The number of rotatable bonds is 7. The number of nitriles is 1. The first-order chi connectivity index (χ1) is 11.3. The van der Waals surface area contributed by atoms with Crippen LogP contribution in [0.1, 0.15) is 31.2 Å². The average molecular weight is 318 g/mol. The Morgan fingerprint density at radius 3 is 2.91 bits per heavy atom. The Balaban J connectivity index is 1.71. The number of hydrogen-bond donors (Lipinski definition) is 1. The maximum absolute atomic E-state index is 11.8. The van der Waals surface area contributed by atoms with Gasteiger partial charge in [-0.05, 0) is 24.8 Å². The van der Waals surface area contributed by atoms with E-state index in [9.17, 15) is 4.79 Å². The third kappa shape index (κ3) is 6.68. The number of amides is 1. The molecule has 0 spiro atoms. The zero-order valence-corrected chi connectivity index (χ0v) is 13.1. The third-order valence-electron chi connectivity index (χ3n) is 3.49. The number of hydrogen-bond acceptors (Lipinski definition) is 5. The van der Waals surface area contributed by atoms with E-state index >= 15 is 0 Å². The van der Waals surface area contributed by atoms with Crippen LogP contribution in [0.4, 0.5) is 4.79 Å². The lowest BCUT2D eigenvalue weighted by atomic mass is 10.2. The van der Waals surface area contributed by atoms with E-state index in [4.69, 9.17) is 19.5 Å². The maximum Gasteiger partial charge on any atom is 0.407 e. The summed E-state index contributed by atoms with van der Waals surface area (Å²) in [7, 11) is 0. The molecule has 0 aromatic heterocycles. The number of benzene rings is 1. The first-order valence-electron chi connectivity index (χ1n) is 7.85. The molecule has 1 N–H and O–H groups in total. The fraction of sp³-hybridized carbons (Fsp3) is 0.529. The highest BCUT2D eigenvalue weighted by Gasteiger charge is 2.18. The molecule has 1 heterocycles. The minimum atomic E-state index is -0.553. The number of ether oxygens (including phenoxy) is 3. The molecule has 1 saturated heterocycles. The Labute approximate surface area is 136 Å². The van der Waals surface area contributed by atoms with E-state index in [-0.39, 0.29) is 25.9 Å². The molecule has 1 fully saturated rings. The Kier molecular flexibility index (Phi) is 7.37. The standard InChI is InChI=1S/C17H22N2O4/c18-10-9-15(13-22-16-8-4-5-11-21-16)19-17(20)23-12-14-6-2-1-3-7-14/h1-3,6-7,15-16H,4-5,8-9,11-13H2,(H,19,20)/t15-,16+/m1/s1. The van der Waals surface area contributed by atoms with Gasteiger partial charge < -0.3 is 19.5 Å². The van der Waals surface area contributed by atoms with Crippen LogP contribution in [0.25, 0.3) is 0 Å².